The number of aryl methyl sites for hydroxylation is 1. The summed E-state index contributed by atoms with van der Waals surface area (Å²) in [6.45, 7) is 2.02. The zero-order valence-corrected chi connectivity index (χ0v) is 5.68. The molecule has 0 amide bonds. The number of aromatic nitrogens is 2. The van der Waals surface area contributed by atoms with Gasteiger partial charge in [-0.25, -0.2) is 4.98 Å². The summed E-state index contributed by atoms with van der Waals surface area (Å²) < 4.78 is 0. The van der Waals surface area contributed by atoms with Crippen LogP contribution in [-0.4, -0.2) is 9.97 Å². The average Bonchev–Trinajstić information content (AvgIpc) is 2.27. The largest absolute Gasteiger partial charge is 0.344 e. The molecule has 2 nitrogen and oxygen atoms in total. The van der Waals surface area contributed by atoms with Gasteiger partial charge in [0.25, 0.3) is 0 Å². The van der Waals surface area contributed by atoms with E-state index < -0.39 is 0 Å². The minimum absolute atomic E-state index is 0.941. The van der Waals surface area contributed by atoms with Crippen LogP contribution in [-0.2, 0) is 0 Å². The van der Waals surface area contributed by atoms with Gasteiger partial charge in [0.2, 0.25) is 0 Å². The average molecular weight is 131 g/mol. The first-order chi connectivity index (χ1) is 4.86. The Kier molecular flexibility index (Phi) is 1.01. The van der Waals surface area contributed by atoms with Crippen LogP contribution in [0.2, 0.25) is 0 Å². The molecule has 10 heavy (non-hydrogen) atoms. The molecule has 0 aromatic carbocycles. The van der Waals surface area contributed by atoms with E-state index in [1.54, 1.807) is 6.20 Å². The summed E-state index contributed by atoms with van der Waals surface area (Å²) in [6.07, 6.45) is 1.66. The first-order valence-electron chi connectivity index (χ1n) is 3.18. The van der Waals surface area contributed by atoms with E-state index in [2.05, 4.69) is 22.1 Å². The van der Waals surface area contributed by atoms with Crippen LogP contribution >= 0.6 is 0 Å². The maximum absolute atomic E-state index is 4.09. The Bertz CT molecular complexity index is 316. The highest BCUT2D eigenvalue weighted by Crippen LogP contribution is 2.09. The number of aromatic amines is 1. The van der Waals surface area contributed by atoms with Gasteiger partial charge in [-0.15, -0.1) is 0 Å². The van der Waals surface area contributed by atoms with Crippen LogP contribution < -0.4 is 0 Å². The third-order valence-corrected chi connectivity index (χ3v) is 1.47. The molecule has 1 radical (unpaired) electrons. The fourth-order valence-electron chi connectivity index (χ4n) is 1.04. The monoisotopic (exact) mass is 131 g/mol. The summed E-state index contributed by atoms with van der Waals surface area (Å²) in [6, 6.07) is 6.89. The molecule has 49 valence electrons. The van der Waals surface area contributed by atoms with Gasteiger partial charge in [0.1, 0.15) is 5.65 Å². The van der Waals surface area contributed by atoms with Crippen molar-refractivity contribution in [3.63, 3.8) is 0 Å². The number of pyridine rings is 1. The Hall–Kier alpha value is -1.31. The maximum Gasteiger partial charge on any atom is 0.137 e. The van der Waals surface area contributed by atoms with Gasteiger partial charge in [0.15, 0.2) is 0 Å². The number of hydrogen-bond donors (Lipinski definition) is 1. The van der Waals surface area contributed by atoms with E-state index in [-0.39, 0.29) is 0 Å². The van der Waals surface area contributed by atoms with Gasteiger partial charge >= 0.3 is 0 Å². The smallest absolute Gasteiger partial charge is 0.137 e. The third-order valence-electron chi connectivity index (χ3n) is 1.47. The van der Waals surface area contributed by atoms with E-state index >= 15 is 0 Å². The second-order valence-corrected chi connectivity index (χ2v) is 2.33. The molecule has 0 atom stereocenters. The molecule has 2 aromatic heterocycles. The molecular weight excluding hydrogens is 124 g/mol. The van der Waals surface area contributed by atoms with Gasteiger partial charge < -0.3 is 4.98 Å². The molecule has 0 saturated heterocycles. The van der Waals surface area contributed by atoms with Crippen LogP contribution in [0.25, 0.3) is 11.0 Å². The van der Waals surface area contributed by atoms with Gasteiger partial charge in [-0.2, -0.15) is 0 Å². The maximum atomic E-state index is 4.09. The predicted octanol–water partition coefficient (Wildman–Crippen LogP) is 1.67. The lowest BCUT2D eigenvalue weighted by Gasteiger charge is -1.82. The second-order valence-electron chi connectivity index (χ2n) is 2.33. The lowest BCUT2D eigenvalue weighted by atomic mass is 10.3. The molecule has 2 rings (SSSR count). The quantitative estimate of drug-likeness (QED) is 0.578. The standard InChI is InChI=1S/C8H7N2/c1-6-5-7-3-2-4-9-8(7)10-6/h3-5H,1H3,(H,9,10). The molecule has 0 aliphatic rings. The van der Waals surface area contributed by atoms with Crippen LogP contribution in [0, 0.1) is 13.0 Å². The van der Waals surface area contributed by atoms with Crippen molar-refractivity contribution in [1.29, 1.82) is 0 Å². The van der Waals surface area contributed by atoms with Crippen molar-refractivity contribution >= 4 is 11.0 Å². The van der Waals surface area contributed by atoms with Crippen LogP contribution in [0.15, 0.2) is 18.3 Å². The number of rotatable bonds is 0. The molecule has 1 N–H and O–H groups in total. The van der Waals surface area contributed by atoms with Crippen molar-refractivity contribution in [2.45, 2.75) is 6.92 Å². The Morgan fingerprint density at radius 1 is 1.60 bits per heavy atom. The molecule has 0 unspecified atom stereocenters. The van der Waals surface area contributed by atoms with Crippen molar-refractivity contribution in [2.75, 3.05) is 0 Å². The van der Waals surface area contributed by atoms with Gasteiger partial charge in [-0.3, -0.25) is 0 Å². The molecule has 0 bridgehead atoms. The minimum atomic E-state index is 0.941. The Balaban J connectivity index is 2.88. The number of H-pyrrole nitrogens is 1. The zero-order valence-electron chi connectivity index (χ0n) is 5.68. The van der Waals surface area contributed by atoms with Crippen LogP contribution in [0.4, 0.5) is 0 Å². The fraction of sp³-hybridized carbons (Fsp3) is 0.125. The van der Waals surface area contributed by atoms with Crippen molar-refractivity contribution in [2.24, 2.45) is 0 Å². The number of hydrogen-bond acceptors (Lipinski definition) is 1. The number of fused-ring (bicyclic) bond motifs is 1. The molecule has 0 aliphatic heterocycles. The van der Waals surface area contributed by atoms with Gasteiger partial charge in [-0.05, 0) is 19.1 Å². The summed E-state index contributed by atoms with van der Waals surface area (Å²) in [5.74, 6) is 0. The second kappa shape index (κ2) is 1.84. The summed E-state index contributed by atoms with van der Waals surface area (Å²) in [5.41, 5.74) is 2.08. The van der Waals surface area contributed by atoms with Crippen molar-refractivity contribution in [3.8, 4) is 0 Å². The first kappa shape index (κ1) is 5.47. The first-order valence-corrected chi connectivity index (χ1v) is 3.18. The molecule has 0 aliphatic carbocycles. The molecule has 0 spiro atoms. The number of nitrogens with one attached hydrogen (secondary N) is 1. The Morgan fingerprint density at radius 3 is 3.30 bits per heavy atom. The fourth-order valence-corrected chi connectivity index (χ4v) is 1.04. The Labute approximate surface area is 58.9 Å². The van der Waals surface area contributed by atoms with Crippen molar-refractivity contribution < 1.29 is 0 Å². The summed E-state index contributed by atoms with van der Waals surface area (Å²) >= 11 is 0. The molecule has 2 aromatic rings. The lowest BCUT2D eigenvalue weighted by Crippen LogP contribution is -1.72. The van der Waals surface area contributed by atoms with Crippen LogP contribution in [0.5, 0.6) is 0 Å². The molecule has 0 saturated carbocycles. The van der Waals surface area contributed by atoms with Crippen LogP contribution in [0.1, 0.15) is 5.69 Å². The van der Waals surface area contributed by atoms with E-state index in [9.17, 15) is 0 Å². The van der Waals surface area contributed by atoms with Crippen molar-refractivity contribution in [3.05, 3.63) is 30.1 Å². The topological polar surface area (TPSA) is 28.7 Å². The molecule has 2 heteroatoms. The summed E-state index contributed by atoms with van der Waals surface area (Å²) in [7, 11) is 0. The van der Waals surface area contributed by atoms with Gasteiger partial charge in [-0.1, -0.05) is 0 Å². The van der Waals surface area contributed by atoms with Gasteiger partial charge in [0, 0.05) is 23.3 Å². The number of nitrogens with zero attached hydrogens (tertiary/aromatic N) is 1. The summed E-state index contributed by atoms with van der Waals surface area (Å²) in [5, 5.41) is 1.12. The SMILES string of the molecule is Cc1cc2c[c]cnc2[nH]1. The molecular formula is C8H7N2. The van der Waals surface area contributed by atoms with E-state index in [4.69, 9.17) is 0 Å². The predicted molar refractivity (Wildman–Crippen MR) is 39.7 cm³/mol. The molecule has 2 heterocycles. The van der Waals surface area contributed by atoms with E-state index in [0.29, 0.717) is 0 Å². The lowest BCUT2D eigenvalue weighted by molar-refractivity contribution is 1.25. The van der Waals surface area contributed by atoms with Crippen molar-refractivity contribution in [1.82, 2.24) is 9.97 Å². The van der Waals surface area contributed by atoms with Gasteiger partial charge in [0.05, 0.1) is 0 Å². The normalized spacial score (nSPS) is 10.5. The summed E-state index contributed by atoms with van der Waals surface area (Å²) in [4.78, 5) is 7.22. The Morgan fingerprint density at radius 2 is 2.50 bits per heavy atom. The zero-order chi connectivity index (χ0) is 6.97. The third kappa shape index (κ3) is 0.692. The minimum Gasteiger partial charge on any atom is -0.344 e. The van der Waals surface area contributed by atoms with E-state index in [1.807, 2.05) is 13.0 Å². The highest BCUT2D eigenvalue weighted by molar-refractivity contribution is 5.75. The van der Waals surface area contributed by atoms with Crippen LogP contribution in [0.3, 0.4) is 0 Å². The highest BCUT2D eigenvalue weighted by Gasteiger charge is 1.94. The van der Waals surface area contributed by atoms with E-state index in [0.717, 1.165) is 16.7 Å². The highest BCUT2D eigenvalue weighted by atomic mass is 14.8. The van der Waals surface area contributed by atoms with E-state index in [1.165, 1.54) is 0 Å². The molecule has 0 fully saturated rings.